The molecule has 1 N–H and O–H groups in total. The summed E-state index contributed by atoms with van der Waals surface area (Å²) >= 11 is 0. The van der Waals surface area contributed by atoms with Gasteiger partial charge in [-0.1, -0.05) is 48.5 Å². The van der Waals surface area contributed by atoms with Crippen molar-refractivity contribution in [1.82, 2.24) is 0 Å². The molecule has 0 radical (unpaired) electrons. The number of imide groups is 1. The van der Waals surface area contributed by atoms with Gasteiger partial charge in [0.2, 0.25) is 11.8 Å². The molecule has 4 aromatic carbocycles. The first kappa shape index (κ1) is 26.5. The molecule has 2 atom stereocenters. The minimum Gasteiger partial charge on any atom is -0.452 e. The molecule has 1 aliphatic heterocycles. The molecule has 8 rings (SSSR count). The maximum Gasteiger partial charge on any atom is 0.338 e. The van der Waals surface area contributed by atoms with Crippen LogP contribution in [-0.2, 0) is 19.1 Å². The fourth-order valence-corrected chi connectivity index (χ4v) is 6.88. The van der Waals surface area contributed by atoms with E-state index in [9.17, 15) is 24.0 Å². The first-order chi connectivity index (χ1) is 20.8. The second kappa shape index (κ2) is 10.2. The van der Waals surface area contributed by atoms with Crippen molar-refractivity contribution in [3.05, 3.63) is 130 Å². The van der Waals surface area contributed by atoms with Gasteiger partial charge < -0.3 is 10.1 Å². The minimum atomic E-state index is -0.717. The molecule has 1 fully saturated rings. The Morgan fingerprint density at radius 1 is 0.674 bits per heavy atom. The smallest absolute Gasteiger partial charge is 0.338 e. The topological polar surface area (TPSA) is 110 Å². The van der Waals surface area contributed by atoms with Crippen molar-refractivity contribution in [3.8, 4) is 0 Å². The number of carbonyl (C=O) groups is 5. The molecule has 43 heavy (non-hydrogen) atoms. The van der Waals surface area contributed by atoms with E-state index in [4.69, 9.17) is 4.74 Å². The highest BCUT2D eigenvalue weighted by Crippen LogP contribution is 2.61. The monoisotopic (exact) mass is 570 g/mol. The quantitative estimate of drug-likeness (QED) is 0.197. The molecule has 2 bridgehead atoms. The van der Waals surface area contributed by atoms with Gasteiger partial charge in [0.05, 0.1) is 23.1 Å². The number of amides is 3. The predicted octanol–water partition coefficient (Wildman–Crippen LogP) is 5.08. The highest BCUT2D eigenvalue weighted by atomic mass is 16.5. The van der Waals surface area contributed by atoms with Gasteiger partial charge in [0, 0.05) is 23.1 Å². The summed E-state index contributed by atoms with van der Waals surface area (Å²) in [5.41, 5.74) is 5.97. The summed E-state index contributed by atoms with van der Waals surface area (Å²) in [5.74, 6) is -3.20. The summed E-state index contributed by atoms with van der Waals surface area (Å²) in [6.07, 6.45) is 0. The van der Waals surface area contributed by atoms with Gasteiger partial charge in [-0.15, -0.1) is 0 Å². The number of carbonyl (C=O) groups excluding carboxylic acids is 5. The number of nitrogens with one attached hydrogen (secondary N) is 1. The molecule has 0 saturated carbocycles. The molecule has 0 unspecified atom stereocenters. The number of ketones is 1. The lowest BCUT2D eigenvalue weighted by Gasteiger charge is -2.45. The van der Waals surface area contributed by atoms with Gasteiger partial charge in [-0.25, -0.2) is 9.69 Å². The van der Waals surface area contributed by atoms with Crippen molar-refractivity contribution in [2.24, 2.45) is 11.8 Å². The molecule has 3 aliphatic carbocycles. The van der Waals surface area contributed by atoms with Crippen LogP contribution in [0, 0.1) is 11.8 Å². The molecule has 0 aromatic heterocycles. The second-order valence-electron chi connectivity index (χ2n) is 11.1. The van der Waals surface area contributed by atoms with E-state index in [2.05, 4.69) is 29.6 Å². The summed E-state index contributed by atoms with van der Waals surface area (Å²) < 4.78 is 5.16. The van der Waals surface area contributed by atoms with Crippen LogP contribution in [0.5, 0.6) is 0 Å². The number of ether oxygens (including phenoxy) is 1. The van der Waals surface area contributed by atoms with Crippen LogP contribution in [0.25, 0.3) is 0 Å². The lowest BCUT2D eigenvalue weighted by Crippen LogP contribution is -2.41. The molecular weight excluding hydrogens is 544 g/mol. The van der Waals surface area contributed by atoms with Crippen LogP contribution in [0.2, 0.25) is 0 Å². The van der Waals surface area contributed by atoms with Crippen LogP contribution < -0.4 is 10.2 Å². The van der Waals surface area contributed by atoms with Crippen LogP contribution in [0.3, 0.4) is 0 Å². The Bertz CT molecular complexity index is 1710. The molecular formula is C35H26N2O6. The number of rotatable bonds is 6. The Morgan fingerprint density at radius 3 is 1.60 bits per heavy atom. The largest absolute Gasteiger partial charge is 0.452 e. The van der Waals surface area contributed by atoms with Gasteiger partial charge >= 0.3 is 5.97 Å². The first-order valence-corrected chi connectivity index (χ1v) is 14.1. The van der Waals surface area contributed by atoms with Gasteiger partial charge in [-0.2, -0.15) is 0 Å². The van der Waals surface area contributed by atoms with Crippen LogP contribution in [0.1, 0.15) is 61.7 Å². The van der Waals surface area contributed by atoms with Crippen LogP contribution in [0.15, 0.2) is 97.1 Å². The fourth-order valence-electron chi connectivity index (χ4n) is 6.88. The Balaban J connectivity index is 1.06. The molecule has 0 spiro atoms. The van der Waals surface area contributed by atoms with Crippen molar-refractivity contribution in [2.45, 2.75) is 18.8 Å². The van der Waals surface area contributed by atoms with E-state index >= 15 is 0 Å². The van der Waals surface area contributed by atoms with Crippen molar-refractivity contribution >= 4 is 40.8 Å². The lowest BCUT2D eigenvalue weighted by molar-refractivity contribution is -0.122. The fraction of sp³-hybridized carbons (Fsp3) is 0.171. The highest BCUT2D eigenvalue weighted by Gasteiger charge is 2.61. The van der Waals surface area contributed by atoms with E-state index in [1.807, 2.05) is 24.3 Å². The second-order valence-corrected chi connectivity index (χ2v) is 11.1. The Labute approximate surface area is 247 Å². The SMILES string of the molecule is CC(=O)c1ccc(NC(=O)COC(=O)c2ccc(N3C(=O)[C@H]4C5c6ccccc6C(c6ccccc65)[C@@H]4C3=O)cc2)cc1. The average molecular weight is 571 g/mol. The molecule has 1 saturated heterocycles. The van der Waals surface area contributed by atoms with E-state index in [0.29, 0.717) is 16.9 Å². The van der Waals surface area contributed by atoms with Crippen molar-refractivity contribution in [1.29, 1.82) is 0 Å². The van der Waals surface area contributed by atoms with Crippen molar-refractivity contribution in [3.63, 3.8) is 0 Å². The zero-order chi connectivity index (χ0) is 29.8. The molecule has 4 aromatic rings. The average Bonchev–Trinajstić information content (AvgIpc) is 3.30. The van der Waals surface area contributed by atoms with Gasteiger partial charge in [-0.05, 0) is 77.7 Å². The lowest BCUT2D eigenvalue weighted by atomic mass is 9.55. The zero-order valence-electron chi connectivity index (χ0n) is 23.2. The van der Waals surface area contributed by atoms with Crippen LogP contribution >= 0.6 is 0 Å². The summed E-state index contributed by atoms with van der Waals surface area (Å²) in [7, 11) is 0. The van der Waals surface area contributed by atoms with Crippen molar-refractivity contribution in [2.75, 3.05) is 16.8 Å². The Kier molecular flexibility index (Phi) is 6.27. The highest BCUT2D eigenvalue weighted by molar-refractivity contribution is 6.23. The first-order valence-electron chi connectivity index (χ1n) is 14.1. The Morgan fingerprint density at radius 2 is 1.14 bits per heavy atom. The van der Waals surface area contributed by atoms with E-state index < -0.39 is 30.3 Å². The zero-order valence-corrected chi connectivity index (χ0v) is 23.2. The van der Waals surface area contributed by atoms with E-state index in [1.165, 1.54) is 24.0 Å². The molecule has 8 nitrogen and oxygen atoms in total. The van der Waals surface area contributed by atoms with Crippen LogP contribution in [-0.4, -0.2) is 36.1 Å². The maximum absolute atomic E-state index is 13.9. The number of hydrogen-bond acceptors (Lipinski definition) is 6. The third-order valence-corrected chi connectivity index (χ3v) is 8.72. The summed E-state index contributed by atoms with van der Waals surface area (Å²) in [4.78, 5) is 65.4. The standard InChI is InChI=1S/C35H26N2O6/c1-19(38)20-10-14-22(15-11-20)36-28(39)18-43-35(42)21-12-16-23(17-13-21)37-33(40)31-29-24-6-2-3-7-25(24)30(32(31)34(37)41)27-9-5-4-8-26(27)29/h2-17,29-32H,18H2,1H3,(H,36,39)/t29?,30?,31-,32-/m0/s1. The van der Waals surface area contributed by atoms with Gasteiger partial charge in [-0.3, -0.25) is 19.2 Å². The maximum atomic E-state index is 13.9. The minimum absolute atomic E-state index is 0.0853. The van der Waals surface area contributed by atoms with E-state index in [1.54, 1.807) is 36.4 Å². The molecule has 3 amide bonds. The number of nitrogens with zero attached hydrogens (tertiary/aromatic N) is 1. The number of Topliss-reactive ketones (excluding diaryl/α,β-unsaturated/α-hetero) is 1. The van der Waals surface area contributed by atoms with Gasteiger partial charge in [0.1, 0.15) is 0 Å². The molecule has 4 aliphatic rings. The predicted molar refractivity (Wildman–Crippen MR) is 158 cm³/mol. The van der Waals surface area contributed by atoms with E-state index in [-0.39, 0.29) is 35.0 Å². The van der Waals surface area contributed by atoms with Gasteiger partial charge in [0.15, 0.2) is 12.4 Å². The third kappa shape index (κ3) is 4.25. The third-order valence-electron chi connectivity index (χ3n) is 8.72. The Hall–Kier alpha value is -5.37. The summed E-state index contributed by atoms with van der Waals surface area (Å²) in [5, 5.41) is 2.61. The normalized spacial score (nSPS) is 21.1. The number of benzene rings is 4. The molecule has 1 heterocycles. The van der Waals surface area contributed by atoms with Crippen LogP contribution in [0.4, 0.5) is 11.4 Å². The number of esters is 1. The molecule has 212 valence electrons. The van der Waals surface area contributed by atoms with Crippen molar-refractivity contribution < 1.29 is 28.7 Å². The number of hydrogen-bond donors (Lipinski definition) is 1. The molecule has 8 heteroatoms. The number of anilines is 2. The van der Waals surface area contributed by atoms with Gasteiger partial charge in [0.25, 0.3) is 5.91 Å². The summed E-state index contributed by atoms with van der Waals surface area (Å²) in [6.45, 7) is 0.944. The van der Waals surface area contributed by atoms with E-state index in [0.717, 1.165) is 22.3 Å². The summed E-state index contributed by atoms with van der Waals surface area (Å²) in [6, 6.07) is 28.6.